The summed E-state index contributed by atoms with van der Waals surface area (Å²) in [5, 5.41) is 2.86. The SMILES string of the molecule is C=CCOc1ccccc1NC(=O)c1cccc(OCC(=C)C)c1. The van der Waals surface area contributed by atoms with Gasteiger partial charge >= 0.3 is 0 Å². The van der Waals surface area contributed by atoms with E-state index < -0.39 is 0 Å². The molecule has 0 aromatic heterocycles. The summed E-state index contributed by atoms with van der Waals surface area (Å²) in [6, 6.07) is 14.3. The van der Waals surface area contributed by atoms with Crippen molar-refractivity contribution in [1.82, 2.24) is 0 Å². The molecule has 0 atom stereocenters. The molecule has 0 bridgehead atoms. The Balaban J connectivity index is 2.11. The van der Waals surface area contributed by atoms with Crippen LogP contribution in [0.1, 0.15) is 17.3 Å². The highest BCUT2D eigenvalue weighted by Gasteiger charge is 2.10. The number of ether oxygens (including phenoxy) is 2. The molecule has 0 saturated heterocycles. The molecule has 0 spiro atoms. The summed E-state index contributed by atoms with van der Waals surface area (Å²) in [5.41, 5.74) is 2.03. The highest BCUT2D eigenvalue weighted by atomic mass is 16.5. The van der Waals surface area contributed by atoms with Crippen molar-refractivity contribution in [2.45, 2.75) is 6.92 Å². The molecule has 2 aromatic rings. The Bertz CT molecular complexity index is 737. The van der Waals surface area contributed by atoms with Crippen LogP contribution in [-0.2, 0) is 0 Å². The van der Waals surface area contributed by atoms with E-state index in [4.69, 9.17) is 9.47 Å². The van der Waals surface area contributed by atoms with E-state index >= 15 is 0 Å². The van der Waals surface area contributed by atoms with Gasteiger partial charge in [0.25, 0.3) is 5.91 Å². The molecule has 1 N–H and O–H groups in total. The summed E-state index contributed by atoms with van der Waals surface area (Å²) in [7, 11) is 0. The number of benzene rings is 2. The zero-order valence-corrected chi connectivity index (χ0v) is 13.7. The molecular formula is C20H21NO3. The van der Waals surface area contributed by atoms with Crippen LogP contribution in [0.3, 0.4) is 0 Å². The van der Waals surface area contributed by atoms with Gasteiger partial charge in [0.15, 0.2) is 0 Å². The molecule has 0 radical (unpaired) electrons. The number of rotatable bonds is 8. The maximum absolute atomic E-state index is 12.5. The Labute approximate surface area is 142 Å². The Morgan fingerprint density at radius 3 is 2.71 bits per heavy atom. The van der Waals surface area contributed by atoms with Gasteiger partial charge in [-0.25, -0.2) is 0 Å². The van der Waals surface area contributed by atoms with Crippen LogP contribution in [0, 0.1) is 0 Å². The van der Waals surface area contributed by atoms with Crippen LogP contribution >= 0.6 is 0 Å². The molecule has 0 aliphatic heterocycles. The van der Waals surface area contributed by atoms with E-state index in [-0.39, 0.29) is 5.91 Å². The summed E-state index contributed by atoms with van der Waals surface area (Å²) in [6.45, 7) is 10.1. The second-order valence-electron chi connectivity index (χ2n) is 5.32. The van der Waals surface area contributed by atoms with Crippen LogP contribution in [0.4, 0.5) is 5.69 Å². The Kier molecular flexibility index (Phi) is 6.20. The molecule has 24 heavy (non-hydrogen) atoms. The number of anilines is 1. The average Bonchev–Trinajstić information content (AvgIpc) is 2.59. The topological polar surface area (TPSA) is 47.6 Å². The van der Waals surface area contributed by atoms with Crippen LogP contribution in [0.25, 0.3) is 0 Å². The monoisotopic (exact) mass is 323 g/mol. The van der Waals surface area contributed by atoms with Crippen LogP contribution in [0.15, 0.2) is 73.3 Å². The van der Waals surface area contributed by atoms with Gasteiger partial charge in [-0.3, -0.25) is 4.79 Å². The van der Waals surface area contributed by atoms with E-state index in [1.54, 1.807) is 42.5 Å². The Morgan fingerprint density at radius 1 is 1.17 bits per heavy atom. The van der Waals surface area contributed by atoms with Crippen LogP contribution in [-0.4, -0.2) is 19.1 Å². The molecule has 4 heteroatoms. The van der Waals surface area contributed by atoms with Gasteiger partial charge in [-0.2, -0.15) is 0 Å². The van der Waals surface area contributed by atoms with E-state index in [1.807, 2.05) is 19.1 Å². The standard InChI is InChI=1S/C20H21NO3/c1-4-12-23-19-11-6-5-10-18(19)21-20(22)16-8-7-9-17(13-16)24-14-15(2)3/h4-11,13H,1-2,12,14H2,3H3,(H,21,22). The van der Waals surface area contributed by atoms with Crippen LogP contribution < -0.4 is 14.8 Å². The number of amides is 1. The van der Waals surface area contributed by atoms with E-state index in [0.29, 0.717) is 36.0 Å². The fourth-order valence-electron chi connectivity index (χ4n) is 1.97. The smallest absolute Gasteiger partial charge is 0.255 e. The summed E-state index contributed by atoms with van der Waals surface area (Å²) >= 11 is 0. The third-order valence-corrected chi connectivity index (χ3v) is 3.07. The predicted octanol–water partition coefficient (Wildman–Crippen LogP) is 4.46. The molecule has 0 saturated carbocycles. The Hall–Kier alpha value is -3.01. The molecule has 1 amide bonds. The maximum atomic E-state index is 12.5. The van der Waals surface area contributed by atoms with E-state index in [2.05, 4.69) is 18.5 Å². The van der Waals surface area contributed by atoms with Crippen molar-refractivity contribution in [1.29, 1.82) is 0 Å². The zero-order chi connectivity index (χ0) is 17.4. The van der Waals surface area contributed by atoms with Gasteiger partial charge in [0.05, 0.1) is 5.69 Å². The first kappa shape index (κ1) is 17.3. The minimum atomic E-state index is -0.231. The maximum Gasteiger partial charge on any atom is 0.255 e. The quantitative estimate of drug-likeness (QED) is 0.730. The molecule has 0 aliphatic rings. The molecular weight excluding hydrogens is 302 g/mol. The first-order valence-electron chi connectivity index (χ1n) is 7.61. The molecule has 2 aromatic carbocycles. The summed E-state index contributed by atoms with van der Waals surface area (Å²) in [5.74, 6) is 0.993. The molecule has 0 fully saturated rings. The number of nitrogens with one attached hydrogen (secondary N) is 1. The number of hydrogen-bond acceptors (Lipinski definition) is 3. The van der Waals surface area contributed by atoms with Gasteiger partial charge in [-0.15, -0.1) is 0 Å². The van der Waals surface area contributed by atoms with Gasteiger partial charge in [-0.05, 0) is 42.8 Å². The zero-order valence-electron chi connectivity index (χ0n) is 13.7. The van der Waals surface area contributed by atoms with Crippen molar-refractivity contribution in [2.24, 2.45) is 0 Å². The van der Waals surface area contributed by atoms with Crippen molar-refractivity contribution >= 4 is 11.6 Å². The molecule has 124 valence electrons. The first-order valence-corrected chi connectivity index (χ1v) is 7.61. The summed E-state index contributed by atoms with van der Waals surface area (Å²) in [4.78, 5) is 12.5. The molecule has 2 rings (SSSR count). The molecule has 0 aliphatic carbocycles. The fourth-order valence-corrected chi connectivity index (χ4v) is 1.97. The van der Waals surface area contributed by atoms with Crippen molar-refractivity contribution in [2.75, 3.05) is 18.5 Å². The van der Waals surface area contributed by atoms with E-state index in [1.165, 1.54) is 0 Å². The molecule has 0 heterocycles. The average molecular weight is 323 g/mol. The lowest BCUT2D eigenvalue weighted by Gasteiger charge is -2.12. The van der Waals surface area contributed by atoms with Crippen LogP contribution in [0.5, 0.6) is 11.5 Å². The van der Waals surface area contributed by atoms with Crippen LogP contribution in [0.2, 0.25) is 0 Å². The summed E-state index contributed by atoms with van der Waals surface area (Å²) < 4.78 is 11.1. The lowest BCUT2D eigenvalue weighted by molar-refractivity contribution is 0.102. The number of carbonyl (C=O) groups is 1. The van der Waals surface area contributed by atoms with E-state index in [0.717, 1.165) is 5.57 Å². The number of hydrogen-bond donors (Lipinski definition) is 1. The van der Waals surface area contributed by atoms with Gasteiger partial charge in [-0.1, -0.05) is 37.4 Å². The van der Waals surface area contributed by atoms with Gasteiger partial charge in [0.1, 0.15) is 24.7 Å². The van der Waals surface area contributed by atoms with Gasteiger partial charge < -0.3 is 14.8 Å². The van der Waals surface area contributed by atoms with Gasteiger partial charge in [0, 0.05) is 5.56 Å². The minimum absolute atomic E-state index is 0.231. The van der Waals surface area contributed by atoms with Gasteiger partial charge in [0.2, 0.25) is 0 Å². The number of para-hydroxylation sites is 2. The van der Waals surface area contributed by atoms with Crippen molar-refractivity contribution < 1.29 is 14.3 Å². The third kappa shape index (κ3) is 5.02. The fraction of sp³-hybridized carbons (Fsp3) is 0.150. The lowest BCUT2D eigenvalue weighted by Crippen LogP contribution is -2.13. The second kappa shape index (κ2) is 8.58. The molecule has 0 unspecified atom stereocenters. The normalized spacial score (nSPS) is 9.88. The minimum Gasteiger partial charge on any atom is -0.489 e. The van der Waals surface area contributed by atoms with Crippen molar-refractivity contribution in [3.63, 3.8) is 0 Å². The predicted molar refractivity (Wildman–Crippen MR) is 96.8 cm³/mol. The highest BCUT2D eigenvalue weighted by Crippen LogP contribution is 2.25. The highest BCUT2D eigenvalue weighted by molar-refractivity contribution is 6.05. The lowest BCUT2D eigenvalue weighted by atomic mass is 10.2. The molecule has 4 nitrogen and oxygen atoms in total. The summed E-state index contributed by atoms with van der Waals surface area (Å²) in [6.07, 6.45) is 1.65. The van der Waals surface area contributed by atoms with Crippen molar-refractivity contribution in [3.05, 3.63) is 78.9 Å². The van der Waals surface area contributed by atoms with E-state index in [9.17, 15) is 4.79 Å². The number of carbonyl (C=O) groups excluding carboxylic acids is 1. The Morgan fingerprint density at radius 2 is 1.96 bits per heavy atom. The van der Waals surface area contributed by atoms with Crippen molar-refractivity contribution in [3.8, 4) is 11.5 Å². The largest absolute Gasteiger partial charge is 0.489 e. The first-order chi connectivity index (χ1) is 11.6. The second-order valence-corrected chi connectivity index (χ2v) is 5.32. The third-order valence-electron chi connectivity index (χ3n) is 3.07.